The van der Waals surface area contributed by atoms with Gasteiger partial charge in [0, 0.05) is 13.7 Å². The van der Waals surface area contributed by atoms with Crippen molar-refractivity contribution in [1.82, 2.24) is 5.32 Å². The molecule has 0 heterocycles. The van der Waals surface area contributed by atoms with Crippen molar-refractivity contribution in [2.45, 2.75) is 6.04 Å². The zero-order valence-corrected chi connectivity index (χ0v) is 10.6. The quantitative estimate of drug-likeness (QED) is 0.774. The number of aliphatic hydroxyl groups is 1. The molecule has 5 heteroatoms. The van der Waals surface area contributed by atoms with E-state index in [1.807, 2.05) is 12.1 Å². The Morgan fingerprint density at radius 2 is 2.19 bits per heavy atom. The zero-order chi connectivity index (χ0) is 12.0. The largest absolute Gasteiger partial charge is 0.394 e. The highest BCUT2D eigenvalue weighted by atomic mass is 35.5. The Labute approximate surface area is 105 Å². The Hall–Kier alpha value is -0.320. The van der Waals surface area contributed by atoms with E-state index in [0.29, 0.717) is 23.2 Å². The maximum Gasteiger partial charge on any atom is 0.0640 e. The van der Waals surface area contributed by atoms with Gasteiger partial charge in [-0.2, -0.15) is 0 Å². The van der Waals surface area contributed by atoms with E-state index in [-0.39, 0.29) is 12.6 Å². The minimum atomic E-state index is -0.221. The van der Waals surface area contributed by atoms with Gasteiger partial charge in [-0.1, -0.05) is 35.3 Å². The van der Waals surface area contributed by atoms with Gasteiger partial charge in [0.1, 0.15) is 0 Å². The maximum atomic E-state index is 9.29. The monoisotopic (exact) mass is 263 g/mol. The molecule has 3 nitrogen and oxygen atoms in total. The topological polar surface area (TPSA) is 41.5 Å². The van der Waals surface area contributed by atoms with Crippen LogP contribution in [0.1, 0.15) is 11.6 Å². The molecule has 0 saturated carbocycles. The molecular formula is C11H15Cl2NO2. The summed E-state index contributed by atoms with van der Waals surface area (Å²) in [5.41, 5.74) is 0.799. The Balaban J connectivity index is 2.74. The van der Waals surface area contributed by atoms with Crippen molar-refractivity contribution < 1.29 is 9.84 Å². The summed E-state index contributed by atoms with van der Waals surface area (Å²) < 4.78 is 4.92. The molecule has 0 radical (unpaired) electrons. The number of aliphatic hydroxyl groups excluding tert-OH is 1. The highest BCUT2D eigenvalue weighted by molar-refractivity contribution is 6.42. The van der Waals surface area contributed by atoms with Gasteiger partial charge in [0.15, 0.2) is 0 Å². The van der Waals surface area contributed by atoms with Gasteiger partial charge in [-0.3, -0.25) is 0 Å². The van der Waals surface area contributed by atoms with Crippen molar-refractivity contribution in [3.8, 4) is 0 Å². The third-order valence-corrected chi connectivity index (χ3v) is 3.07. The average molecular weight is 264 g/mol. The third kappa shape index (κ3) is 3.61. The molecule has 0 spiro atoms. The fourth-order valence-electron chi connectivity index (χ4n) is 1.40. The summed E-state index contributed by atoms with van der Waals surface area (Å²) in [5.74, 6) is 0. The van der Waals surface area contributed by atoms with Crippen LogP contribution in [0.5, 0.6) is 0 Å². The Kier molecular flexibility index (Phi) is 6.09. The summed E-state index contributed by atoms with van der Waals surface area (Å²) in [7, 11) is 1.63. The number of halogens is 2. The van der Waals surface area contributed by atoms with Crippen LogP contribution in [0.2, 0.25) is 10.0 Å². The molecule has 1 aromatic rings. The number of methoxy groups -OCH3 is 1. The second-order valence-corrected chi connectivity index (χ2v) is 4.11. The second kappa shape index (κ2) is 7.09. The average Bonchev–Trinajstić information content (AvgIpc) is 2.29. The van der Waals surface area contributed by atoms with Crippen LogP contribution >= 0.6 is 23.2 Å². The first-order valence-corrected chi connectivity index (χ1v) is 5.73. The lowest BCUT2D eigenvalue weighted by Crippen LogP contribution is -2.27. The SMILES string of the molecule is COCCNC(CO)c1cccc(Cl)c1Cl. The molecule has 1 aromatic carbocycles. The molecule has 0 aliphatic carbocycles. The molecule has 2 N–H and O–H groups in total. The molecule has 0 amide bonds. The van der Waals surface area contributed by atoms with E-state index in [1.54, 1.807) is 13.2 Å². The summed E-state index contributed by atoms with van der Waals surface area (Å²) in [6.45, 7) is 1.18. The Morgan fingerprint density at radius 1 is 1.44 bits per heavy atom. The number of hydrogen-bond acceptors (Lipinski definition) is 3. The molecule has 1 unspecified atom stereocenters. The first-order chi connectivity index (χ1) is 7.70. The molecule has 0 aliphatic rings. The first kappa shape index (κ1) is 13.7. The third-order valence-electron chi connectivity index (χ3n) is 2.24. The van der Waals surface area contributed by atoms with Gasteiger partial charge in [-0.05, 0) is 11.6 Å². The summed E-state index contributed by atoms with van der Waals surface area (Å²) in [6.07, 6.45) is 0. The number of nitrogens with one attached hydrogen (secondary N) is 1. The molecule has 1 rings (SSSR count). The van der Waals surface area contributed by atoms with E-state index in [1.165, 1.54) is 0 Å². The van der Waals surface area contributed by atoms with E-state index in [9.17, 15) is 5.11 Å². The molecule has 1 atom stereocenters. The first-order valence-electron chi connectivity index (χ1n) is 4.97. The Bertz CT molecular complexity index is 334. The van der Waals surface area contributed by atoms with Gasteiger partial charge in [0.2, 0.25) is 0 Å². The molecule has 16 heavy (non-hydrogen) atoms. The predicted octanol–water partition coefficient (Wildman–Crippen LogP) is 2.26. The number of rotatable bonds is 6. The van der Waals surface area contributed by atoms with Gasteiger partial charge in [-0.15, -0.1) is 0 Å². The van der Waals surface area contributed by atoms with Crippen LogP contribution in [-0.4, -0.2) is 32.0 Å². The zero-order valence-electron chi connectivity index (χ0n) is 9.04. The van der Waals surface area contributed by atoms with Crippen molar-refractivity contribution in [2.24, 2.45) is 0 Å². The highest BCUT2D eigenvalue weighted by Gasteiger charge is 2.14. The molecule has 0 aromatic heterocycles. The van der Waals surface area contributed by atoms with Crippen LogP contribution in [-0.2, 0) is 4.74 Å². The van der Waals surface area contributed by atoms with Gasteiger partial charge in [-0.25, -0.2) is 0 Å². The van der Waals surface area contributed by atoms with Gasteiger partial charge in [0.25, 0.3) is 0 Å². The normalized spacial score (nSPS) is 12.8. The van der Waals surface area contributed by atoms with Crippen molar-refractivity contribution >= 4 is 23.2 Å². The molecule has 0 bridgehead atoms. The smallest absolute Gasteiger partial charge is 0.0640 e. The number of ether oxygens (including phenoxy) is 1. The van der Waals surface area contributed by atoms with Gasteiger partial charge >= 0.3 is 0 Å². The van der Waals surface area contributed by atoms with Crippen LogP contribution in [0.3, 0.4) is 0 Å². The minimum absolute atomic E-state index is 0.0379. The molecule has 0 aliphatic heterocycles. The van der Waals surface area contributed by atoms with Crippen molar-refractivity contribution in [2.75, 3.05) is 26.9 Å². The molecule has 0 fully saturated rings. The molecule has 90 valence electrons. The van der Waals surface area contributed by atoms with Crippen molar-refractivity contribution in [1.29, 1.82) is 0 Å². The Morgan fingerprint density at radius 3 is 2.81 bits per heavy atom. The fourth-order valence-corrected chi connectivity index (χ4v) is 1.84. The van der Waals surface area contributed by atoms with E-state index in [4.69, 9.17) is 27.9 Å². The maximum absolute atomic E-state index is 9.29. The lowest BCUT2D eigenvalue weighted by molar-refractivity contribution is 0.184. The fraction of sp³-hybridized carbons (Fsp3) is 0.455. The predicted molar refractivity (Wildman–Crippen MR) is 66.2 cm³/mol. The summed E-state index contributed by atoms with van der Waals surface area (Å²) in [4.78, 5) is 0. The van der Waals surface area contributed by atoms with Crippen LogP contribution in [0.15, 0.2) is 18.2 Å². The standard InChI is InChI=1S/C11H15Cl2NO2/c1-16-6-5-14-10(7-15)8-3-2-4-9(12)11(8)13/h2-4,10,14-15H,5-7H2,1H3. The number of hydrogen-bond donors (Lipinski definition) is 2. The summed E-state index contributed by atoms with van der Waals surface area (Å²) >= 11 is 12.0. The summed E-state index contributed by atoms with van der Waals surface area (Å²) in [6, 6.07) is 5.15. The van der Waals surface area contributed by atoms with E-state index in [0.717, 1.165) is 5.56 Å². The van der Waals surface area contributed by atoms with Crippen LogP contribution < -0.4 is 5.32 Å². The molecular weight excluding hydrogens is 249 g/mol. The van der Waals surface area contributed by atoms with Crippen LogP contribution in [0.4, 0.5) is 0 Å². The minimum Gasteiger partial charge on any atom is -0.394 e. The lowest BCUT2D eigenvalue weighted by Gasteiger charge is -2.18. The van der Waals surface area contributed by atoms with Crippen molar-refractivity contribution in [3.05, 3.63) is 33.8 Å². The number of benzene rings is 1. The van der Waals surface area contributed by atoms with Gasteiger partial charge < -0.3 is 15.2 Å². The van der Waals surface area contributed by atoms with E-state index in [2.05, 4.69) is 5.32 Å². The van der Waals surface area contributed by atoms with Crippen LogP contribution in [0.25, 0.3) is 0 Å². The lowest BCUT2D eigenvalue weighted by atomic mass is 10.1. The second-order valence-electron chi connectivity index (χ2n) is 3.33. The highest BCUT2D eigenvalue weighted by Crippen LogP contribution is 2.29. The summed E-state index contributed by atoms with van der Waals surface area (Å²) in [5, 5.41) is 13.4. The van der Waals surface area contributed by atoms with E-state index < -0.39 is 0 Å². The molecule has 0 saturated heterocycles. The van der Waals surface area contributed by atoms with Crippen molar-refractivity contribution in [3.63, 3.8) is 0 Å². The van der Waals surface area contributed by atoms with Gasteiger partial charge in [0.05, 0.1) is 29.3 Å². The van der Waals surface area contributed by atoms with Crippen LogP contribution in [0, 0.1) is 0 Å². The van der Waals surface area contributed by atoms with E-state index >= 15 is 0 Å².